The molecule has 0 bridgehead atoms. The molecule has 2 saturated heterocycles. The number of hydrogen-bond acceptors (Lipinski definition) is 12. The first kappa shape index (κ1) is 49.7. The van der Waals surface area contributed by atoms with E-state index < -0.39 is 35.2 Å². The van der Waals surface area contributed by atoms with Crippen LogP contribution in [0.4, 0.5) is 14.5 Å². The summed E-state index contributed by atoms with van der Waals surface area (Å²) < 4.78 is 42.9. The second-order valence-electron chi connectivity index (χ2n) is 20.5. The maximum atomic E-state index is 14.5. The van der Waals surface area contributed by atoms with Gasteiger partial charge in [0.05, 0.1) is 43.2 Å². The number of benzene rings is 2. The number of aromatic nitrogens is 5. The minimum absolute atomic E-state index is 0.0646. The summed E-state index contributed by atoms with van der Waals surface area (Å²) >= 11 is 1.39. The number of nitrogens with zero attached hydrogens (tertiary/aromatic N) is 6. The van der Waals surface area contributed by atoms with Crippen molar-refractivity contribution in [3.8, 4) is 5.75 Å². The fraction of sp³-hybridized carbons (Fsp3) is 0.528. The first-order chi connectivity index (χ1) is 34.8. The minimum atomic E-state index is -2.75. The zero-order valence-corrected chi connectivity index (χ0v) is 41.9. The van der Waals surface area contributed by atoms with Gasteiger partial charge in [-0.1, -0.05) is 68.7 Å². The van der Waals surface area contributed by atoms with Crippen molar-refractivity contribution in [2.45, 2.75) is 102 Å². The highest BCUT2D eigenvalue weighted by Crippen LogP contribution is 2.70. The number of likely N-dealkylation sites (N-methyl/N-ethyl adjacent to an activating group) is 1. The van der Waals surface area contributed by atoms with Crippen molar-refractivity contribution in [2.75, 3.05) is 58.4 Å². The minimum Gasteiger partial charge on any atom is -0.491 e. The van der Waals surface area contributed by atoms with Crippen LogP contribution in [0.25, 0.3) is 0 Å². The summed E-state index contributed by atoms with van der Waals surface area (Å²) in [6.45, 7) is 7.52. The SMILES string of the molecule is CNC(C)C(=O)NC(C(=O)N1CCCC1c1nc(C(=O)c2cccc(OCCOCCN3CC([C@@H](c4ccccc4)n4cc(NC(=O)c5n[nH]c6c5C[C@@H]5C(F)(F)[C@]5(C)C6)cn4)C3)c2)cs1)C1CCCCC1. The average Bonchev–Trinajstić information content (AvgIpc) is 4.15. The van der Waals surface area contributed by atoms with Gasteiger partial charge in [-0.15, -0.1) is 11.3 Å². The molecule has 3 aliphatic carbocycles. The molecule has 3 unspecified atom stereocenters. The highest BCUT2D eigenvalue weighted by Gasteiger charge is 2.78. The van der Waals surface area contributed by atoms with Gasteiger partial charge >= 0.3 is 0 Å². The van der Waals surface area contributed by atoms with E-state index in [1.165, 1.54) is 11.3 Å². The summed E-state index contributed by atoms with van der Waals surface area (Å²) in [7, 11) is 1.73. The van der Waals surface area contributed by atoms with E-state index in [-0.39, 0.29) is 60.1 Å². The van der Waals surface area contributed by atoms with E-state index in [0.717, 1.165) is 75.2 Å². The Bertz CT molecular complexity index is 2750. The number of carbonyl (C=O) groups is 4. The van der Waals surface area contributed by atoms with Gasteiger partial charge in [-0.2, -0.15) is 10.2 Å². The van der Waals surface area contributed by atoms with Gasteiger partial charge in [0.1, 0.15) is 29.1 Å². The highest BCUT2D eigenvalue weighted by atomic mass is 32.1. The molecule has 2 aromatic carbocycles. The second kappa shape index (κ2) is 20.9. The van der Waals surface area contributed by atoms with E-state index >= 15 is 0 Å². The van der Waals surface area contributed by atoms with Gasteiger partial charge in [-0.05, 0) is 69.7 Å². The van der Waals surface area contributed by atoms with Crippen LogP contribution in [0.5, 0.6) is 5.75 Å². The lowest BCUT2D eigenvalue weighted by atomic mass is 9.83. The molecule has 0 spiro atoms. The number of nitrogens with one attached hydrogen (secondary N) is 4. The van der Waals surface area contributed by atoms with E-state index in [4.69, 9.17) is 14.5 Å². The third-order valence-electron chi connectivity index (χ3n) is 16.0. The van der Waals surface area contributed by atoms with Crippen molar-refractivity contribution < 1.29 is 37.4 Å². The molecule has 2 saturated carbocycles. The number of halogens is 2. The second-order valence-corrected chi connectivity index (χ2v) is 21.4. The zero-order chi connectivity index (χ0) is 50.1. The van der Waals surface area contributed by atoms with Crippen molar-refractivity contribution >= 4 is 40.5 Å². The van der Waals surface area contributed by atoms with Crippen molar-refractivity contribution in [1.82, 2.24) is 45.4 Å². The van der Waals surface area contributed by atoms with Crippen LogP contribution in [-0.4, -0.2) is 129 Å². The Morgan fingerprint density at radius 3 is 2.57 bits per heavy atom. The quantitative estimate of drug-likeness (QED) is 0.0471. The number of likely N-dealkylation sites (tertiary alicyclic amines) is 2. The molecule has 0 radical (unpaired) electrons. The Morgan fingerprint density at radius 1 is 0.972 bits per heavy atom. The normalized spacial score (nSPS) is 23.0. The molecule has 19 heteroatoms. The summed E-state index contributed by atoms with van der Waals surface area (Å²) in [4.78, 5) is 63.4. The summed E-state index contributed by atoms with van der Waals surface area (Å²) in [5.41, 5.74) is 2.63. The van der Waals surface area contributed by atoms with E-state index in [2.05, 4.69) is 48.3 Å². The third-order valence-corrected chi connectivity index (χ3v) is 16.9. The standard InChI is InChI=1S/C53H64F2N10O6S/c1-32(56-3)48(67)60-44(33-12-6-4-7-13-33)51(69)64-19-11-18-42(64)50-59-41(31-72-50)47(66)35-16-10-17-38(24-35)71-23-22-70-21-20-63-28-36(29-63)46(34-14-8-5-9-15-34)65-30-37(27-57-65)58-49(68)45-39-25-43-52(2,53(43,54)55)26-40(39)61-62-45/h5,8-10,14-17,24,27,30-33,36,42-44,46,56H,4,6-7,11-13,18-23,25-26,28-29H2,1-3H3,(H,58,68)(H,60,67)(H,61,62)/t32?,42?,43-,44?,46+,52+/m0/s1. The Morgan fingerprint density at radius 2 is 1.78 bits per heavy atom. The van der Waals surface area contributed by atoms with Crippen LogP contribution in [0.15, 0.2) is 72.4 Å². The lowest BCUT2D eigenvalue weighted by Crippen LogP contribution is -2.55. The van der Waals surface area contributed by atoms with Gasteiger partial charge in [0.15, 0.2) is 5.69 Å². The molecule has 4 N–H and O–H groups in total. The van der Waals surface area contributed by atoms with E-state index in [0.29, 0.717) is 60.3 Å². The Balaban J connectivity index is 0.678. The van der Waals surface area contributed by atoms with Crippen LogP contribution in [0.3, 0.4) is 0 Å². The van der Waals surface area contributed by atoms with Crippen molar-refractivity contribution in [2.24, 2.45) is 23.2 Å². The van der Waals surface area contributed by atoms with Gasteiger partial charge in [-0.3, -0.25) is 29.0 Å². The molecular formula is C53H64F2N10O6S. The number of ketones is 1. The number of alkyl halides is 2. The molecule has 382 valence electrons. The topological polar surface area (TPSA) is 189 Å². The fourth-order valence-electron chi connectivity index (χ4n) is 11.5. The summed E-state index contributed by atoms with van der Waals surface area (Å²) in [6, 6.07) is 15.8. The maximum absolute atomic E-state index is 14.5. The molecule has 5 aromatic rings. The average molecular weight is 1010 g/mol. The molecule has 10 rings (SSSR count). The number of aromatic amines is 1. The number of rotatable bonds is 20. The number of amides is 3. The molecule has 2 aliphatic heterocycles. The van der Waals surface area contributed by atoms with Crippen LogP contribution >= 0.6 is 11.3 Å². The zero-order valence-electron chi connectivity index (χ0n) is 41.1. The monoisotopic (exact) mass is 1010 g/mol. The molecule has 3 amide bonds. The van der Waals surface area contributed by atoms with Gasteiger partial charge in [0, 0.05) is 78.2 Å². The number of anilines is 1. The fourth-order valence-corrected chi connectivity index (χ4v) is 12.4. The first-order valence-corrected chi connectivity index (χ1v) is 26.4. The molecular weight excluding hydrogens is 943 g/mol. The van der Waals surface area contributed by atoms with Crippen LogP contribution in [0.2, 0.25) is 0 Å². The molecule has 6 atom stereocenters. The molecule has 72 heavy (non-hydrogen) atoms. The van der Waals surface area contributed by atoms with Gasteiger partial charge in [-0.25, -0.2) is 13.8 Å². The van der Waals surface area contributed by atoms with Crippen LogP contribution in [0.1, 0.15) is 119 Å². The number of ether oxygens (including phenoxy) is 2. The summed E-state index contributed by atoms with van der Waals surface area (Å²) in [5, 5.41) is 23.2. The van der Waals surface area contributed by atoms with Crippen LogP contribution in [0, 0.1) is 23.2 Å². The molecule has 3 aromatic heterocycles. The highest BCUT2D eigenvalue weighted by molar-refractivity contribution is 7.10. The number of H-pyrrole nitrogens is 1. The van der Waals surface area contributed by atoms with Crippen molar-refractivity contribution in [3.05, 3.63) is 111 Å². The van der Waals surface area contributed by atoms with Crippen molar-refractivity contribution in [3.63, 3.8) is 0 Å². The van der Waals surface area contributed by atoms with E-state index in [1.807, 2.05) is 40.0 Å². The smallest absolute Gasteiger partial charge is 0.276 e. The molecule has 4 fully saturated rings. The summed E-state index contributed by atoms with van der Waals surface area (Å²) in [6.07, 6.45) is 10.3. The molecule has 5 heterocycles. The third kappa shape index (κ3) is 9.96. The lowest BCUT2D eigenvalue weighted by molar-refractivity contribution is -0.139. The van der Waals surface area contributed by atoms with Gasteiger partial charge in [0.25, 0.3) is 11.8 Å². The lowest BCUT2D eigenvalue weighted by Gasteiger charge is -2.43. The first-order valence-electron chi connectivity index (χ1n) is 25.5. The van der Waals surface area contributed by atoms with Gasteiger partial charge in [0.2, 0.25) is 17.6 Å². The molecule has 16 nitrogen and oxygen atoms in total. The number of fused-ring (bicyclic) bond motifs is 2. The molecule has 5 aliphatic rings. The van der Waals surface area contributed by atoms with Crippen molar-refractivity contribution in [1.29, 1.82) is 0 Å². The van der Waals surface area contributed by atoms with Gasteiger partial charge < -0.3 is 35.2 Å². The Hall–Kier alpha value is -5.89. The van der Waals surface area contributed by atoms with E-state index in [1.54, 1.807) is 50.7 Å². The predicted molar refractivity (Wildman–Crippen MR) is 266 cm³/mol. The maximum Gasteiger partial charge on any atom is 0.276 e. The largest absolute Gasteiger partial charge is 0.491 e. The number of hydrogen-bond donors (Lipinski definition) is 4. The van der Waals surface area contributed by atoms with Crippen LogP contribution in [-0.2, 0) is 27.2 Å². The van der Waals surface area contributed by atoms with E-state index in [9.17, 15) is 28.0 Å². The summed E-state index contributed by atoms with van der Waals surface area (Å²) in [5.74, 6) is -3.56. The Labute approximate surface area is 422 Å². The van der Waals surface area contributed by atoms with Crippen LogP contribution < -0.4 is 20.7 Å². The number of carbonyl (C=O) groups excluding carboxylic acids is 4. The number of thiazole rings is 1. The Kier molecular flexibility index (Phi) is 14.4. The predicted octanol–water partition coefficient (Wildman–Crippen LogP) is 6.87.